The SMILES string of the molecule is N#Cc1cc(N)c(Sc2ccccc2)n1C[C@@H]1CCCO1. The average molecular weight is 299 g/mol. The van der Waals surface area contributed by atoms with Crippen molar-refractivity contribution in [2.24, 2.45) is 0 Å². The number of nitrogens with zero attached hydrogens (tertiary/aromatic N) is 2. The molecule has 0 spiro atoms. The Morgan fingerprint density at radius 1 is 1.38 bits per heavy atom. The van der Waals surface area contributed by atoms with E-state index in [1.165, 1.54) is 0 Å². The molecule has 2 heterocycles. The Hall–Kier alpha value is -1.90. The third-order valence-corrected chi connectivity index (χ3v) is 4.71. The smallest absolute Gasteiger partial charge is 0.123 e. The minimum absolute atomic E-state index is 0.180. The summed E-state index contributed by atoms with van der Waals surface area (Å²) in [5.41, 5.74) is 7.36. The molecule has 0 saturated carbocycles. The lowest BCUT2D eigenvalue weighted by molar-refractivity contribution is 0.0951. The van der Waals surface area contributed by atoms with Gasteiger partial charge >= 0.3 is 0 Å². The molecule has 108 valence electrons. The summed E-state index contributed by atoms with van der Waals surface area (Å²) in [6.07, 6.45) is 2.31. The van der Waals surface area contributed by atoms with E-state index in [0.29, 0.717) is 17.9 Å². The van der Waals surface area contributed by atoms with E-state index in [2.05, 4.69) is 6.07 Å². The van der Waals surface area contributed by atoms with Gasteiger partial charge in [-0.3, -0.25) is 0 Å². The van der Waals surface area contributed by atoms with Crippen LogP contribution in [0.1, 0.15) is 18.5 Å². The van der Waals surface area contributed by atoms with Gasteiger partial charge in [-0.2, -0.15) is 5.26 Å². The molecule has 0 radical (unpaired) electrons. The Morgan fingerprint density at radius 3 is 2.86 bits per heavy atom. The van der Waals surface area contributed by atoms with Crippen molar-refractivity contribution in [2.75, 3.05) is 12.3 Å². The van der Waals surface area contributed by atoms with Gasteiger partial charge < -0.3 is 15.0 Å². The molecule has 0 aliphatic carbocycles. The normalized spacial score (nSPS) is 17.8. The van der Waals surface area contributed by atoms with Crippen molar-refractivity contribution >= 4 is 17.4 Å². The van der Waals surface area contributed by atoms with Gasteiger partial charge in [-0.15, -0.1) is 0 Å². The highest BCUT2D eigenvalue weighted by Gasteiger charge is 2.21. The number of anilines is 1. The van der Waals surface area contributed by atoms with Gasteiger partial charge in [0.2, 0.25) is 0 Å². The van der Waals surface area contributed by atoms with E-state index >= 15 is 0 Å². The number of benzene rings is 1. The van der Waals surface area contributed by atoms with Crippen LogP contribution in [0.2, 0.25) is 0 Å². The zero-order valence-electron chi connectivity index (χ0n) is 11.7. The van der Waals surface area contributed by atoms with E-state index in [1.807, 2.05) is 34.9 Å². The summed E-state index contributed by atoms with van der Waals surface area (Å²) in [5.74, 6) is 0. The molecule has 1 atom stereocenters. The van der Waals surface area contributed by atoms with Crippen molar-refractivity contribution in [3.8, 4) is 6.07 Å². The van der Waals surface area contributed by atoms with Crippen molar-refractivity contribution in [3.63, 3.8) is 0 Å². The van der Waals surface area contributed by atoms with Crippen LogP contribution < -0.4 is 5.73 Å². The molecule has 1 fully saturated rings. The first-order valence-electron chi connectivity index (χ1n) is 7.01. The molecule has 1 aliphatic rings. The first kappa shape index (κ1) is 14.1. The summed E-state index contributed by atoms with van der Waals surface area (Å²) in [7, 11) is 0. The van der Waals surface area contributed by atoms with Gasteiger partial charge in [0.25, 0.3) is 0 Å². The third kappa shape index (κ3) is 3.07. The monoisotopic (exact) mass is 299 g/mol. The minimum atomic E-state index is 0.180. The Balaban J connectivity index is 1.91. The van der Waals surface area contributed by atoms with E-state index in [4.69, 9.17) is 10.5 Å². The topological polar surface area (TPSA) is 64.0 Å². The van der Waals surface area contributed by atoms with E-state index in [9.17, 15) is 5.26 Å². The second-order valence-electron chi connectivity index (χ2n) is 5.06. The second-order valence-corrected chi connectivity index (χ2v) is 6.12. The van der Waals surface area contributed by atoms with Crippen LogP contribution in [0.25, 0.3) is 0 Å². The summed E-state index contributed by atoms with van der Waals surface area (Å²) >= 11 is 1.59. The molecule has 1 aromatic carbocycles. The Kier molecular flexibility index (Phi) is 4.18. The van der Waals surface area contributed by atoms with Crippen LogP contribution in [0.3, 0.4) is 0 Å². The molecule has 4 nitrogen and oxygen atoms in total. The van der Waals surface area contributed by atoms with Crippen molar-refractivity contribution in [1.82, 2.24) is 4.57 Å². The molecular formula is C16H17N3OS. The lowest BCUT2D eigenvalue weighted by Gasteiger charge is -2.15. The number of hydrogen-bond acceptors (Lipinski definition) is 4. The zero-order valence-corrected chi connectivity index (χ0v) is 12.5. The van der Waals surface area contributed by atoms with Crippen LogP contribution in [-0.2, 0) is 11.3 Å². The number of nitrogens with two attached hydrogens (primary N) is 1. The maximum Gasteiger partial charge on any atom is 0.123 e. The highest BCUT2D eigenvalue weighted by molar-refractivity contribution is 7.99. The van der Waals surface area contributed by atoms with Gasteiger partial charge in [0.15, 0.2) is 0 Å². The van der Waals surface area contributed by atoms with Gasteiger partial charge in [0.1, 0.15) is 16.8 Å². The second kappa shape index (κ2) is 6.25. The fraction of sp³-hybridized carbons (Fsp3) is 0.312. The van der Waals surface area contributed by atoms with Crippen LogP contribution in [0.5, 0.6) is 0 Å². The number of aromatic nitrogens is 1. The molecule has 3 rings (SSSR count). The quantitative estimate of drug-likeness (QED) is 0.941. The van der Waals surface area contributed by atoms with Crippen molar-refractivity contribution < 1.29 is 4.74 Å². The highest BCUT2D eigenvalue weighted by Crippen LogP contribution is 2.35. The molecule has 1 saturated heterocycles. The molecule has 1 aromatic heterocycles. The Bertz CT molecular complexity index is 654. The fourth-order valence-electron chi connectivity index (χ4n) is 2.53. The largest absolute Gasteiger partial charge is 0.397 e. The highest BCUT2D eigenvalue weighted by atomic mass is 32.2. The number of ether oxygens (including phenoxy) is 1. The molecule has 2 aromatic rings. The number of nitriles is 1. The lowest BCUT2D eigenvalue weighted by Crippen LogP contribution is -2.16. The van der Waals surface area contributed by atoms with Crippen LogP contribution in [-0.4, -0.2) is 17.3 Å². The number of hydrogen-bond donors (Lipinski definition) is 1. The van der Waals surface area contributed by atoms with Gasteiger partial charge in [0.05, 0.1) is 18.3 Å². The molecule has 0 bridgehead atoms. The lowest BCUT2D eigenvalue weighted by atomic mass is 10.2. The van der Waals surface area contributed by atoms with Gasteiger partial charge in [-0.05, 0) is 31.0 Å². The molecule has 1 aliphatic heterocycles. The van der Waals surface area contributed by atoms with Crippen molar-refractivity contribution in [3.05, 3.63) is 42.1 Å². The van der Waals surface area contributed by atoms with Gasteiger partial charge in [-0.25, -0.2) is 0 Å². The molecule has 0 amide bonds. The van der Waals surface area contributed by atoms with E-state index in [1.54, 1.807) is 17.8 Å². The standard InChI is InChI=1S/C16H17N3OS/c17-10-12-9-15(18)16(21-14-6-2-1-3-7-14)19(12)11-13-5-4-8-20-13/h1-3,6-7,9,13H,4-5,8,11,18H2/t13-/m0/s1. The van der Waals surface area contributed by atoms with Crippen molar-refractivity contribution in [2.45, 2.75) is 35.4 Å². The van der Waals surface area contributed by atoms with Gasteiger partial charge in [0, 0.05) is 11.5 Å². The summed E-state index contributed by atoms with van der Waals surface area (Å²) in [6.45, 7) is 1.50. The summed E-state index contributed by atoms with van der Waals surface area (Å²) < 4.78 is 7.68. The summed E-state index contributed by atoms with van der Waals surface area (Å²) in [5, 5.41) is 10.2. The first-order chi connectivity index (χ1) is 10.3. The van der Waals surface area contributed by atoms with E-state index in [0.717, 1.165) is 29.4 Å². The Labute approximate surface area is 128 Å². The third-order valence-electron chi connectivity index (χ3n) is 3.56. The van der Waals surface area contributed by atoms with Crippen LogP contribution in [0.4, 0.5) is 5.69 Å². The molecule has 2 N–H and O–H groups in total. The van der Waals surface area contributed by atoms with Crippen molar-refractivity contribution in [1.29, 1.82) is 5.26 Å². The van der Waals surface area contributed by atoms with Crippen LogP contribution in [0, 0.1) is 11.3 Å². The average Bonchev–Trinajstić information content (AvgIpc) is 3.11. The molecule has 5 heteroatoms. The maximum atomic E-state index is 9.32. The molecule has 0 unspecified atom stereocenters. The first-order valence-corrected chi connectivity index (χ1v) is 7.83. The predicted octanol–water partition coefficient (Wildman–Crippen LogP) is 3.27. The van der Waals surface area contributed by atoms with Crippen LogP contribution in [0.15, 0.2) is 46.3 Å². The predicted molar refractivity (Wildman–Crippen MR) is 83.1 cm³/mol. The minimum Gasteiger partial charge on any atom is -0.397 e. The number of rotatable bonds is 4. The van der Waals surface area contributed by atoms with Crippen LogP contribution >= 0.6 is 11.8 Å². The van der Waals surface area contributed by atoms with E-state index in [-0.39, 0.29) is 6.10 Å². The Morgan fingerprint density at radius 2 is 2.19 bits per heavy atom. The summed E-state index contributed by atoms with van der Waals surface area (Å²) in [4.78, 5) is 1.11. The molecule has 21 heavy (non-hydrogen) atoms. The molecular weight excluding hydrogens is 282 g/mol. The maximum absolute atomic E-state index is 9.32. The van der Waals surface area contributed by atoms with E-state index < -0.39 is 0 Å². The summed E-state index contributed by atoms with van der Waals surface area (Å²) in [6, 6.07) is 14.0. The zero-order chi connectivity index (χ0) is 14.7. The van der Waals surface area contributed by atoms with Gasteiger partial charge in [-0.1, -0.05) is 30.0 Å². The fourth-order valence-corrected chi connectivity index (χ4v) is 3.51. The number of nitrogen functional groups attached to an aromatic ring is 1.